The summed E-state index contributed by atoms with van der Waals surface area (Å²) in [7, 11) is 0. The normalized spacial score (nSPS) is 10.8. The van der Waals surface area contributed by atoms with Crippen LogP contribution in [0.4, 0.5) is 0 Å². The monoisotopic (exact) mass is 264 g/mol. The second kappa shape index (κ2) is 5.65. The van der Waals surface area contributed by atoms with Crippen molar-refractivity contribution in [2.75, 3.05) is 6.26 Å². The van der Waals surface area contributed by atoms with Crippen molar-refractivity contribution in [1.82, 2.24) is 10.2 Å². The minimum absolute atomic E-state index is 1.04. The number of thioether (sulfide) groups is 1. The standard InChI is InChI=1S/C13H16N2S2/c1-4-10-7-5-6-9(2)13(10)17-12-8-11(16-3)14-15-12/h5-8H,4H2,1-3H3,(H,14,15). The number of rotatable bonds is 4. The predicted octanol–water partition coefficient (Wildman–Crippen LogP) is 4.15. The van der Waals surface area contributed by atoms with Crippen LogP contribution < -0.4 is 0 Å². The maximum atomic E-state index is 4.32. The van der Waals surface area contributed by atoms with Gasteiger partial charge in [0.05, 0.1) is 5.03 Å². The molecule has 0 saturated carbocycles. The molecule has 0 fully saturated rings. The van der Waals surface area contributed by atoms with Gasteiger partial charge >= 0.3 is 0 Å². The molecule has 0 radical (unpaired) electrons. The molecule has 0 atom stereocenters. The summed E-state index contributed by atoms with van der Waals surface area (Å²) in [5.74, 6) is 0. The van der Waals surface area contributed by atoms with Gasteiger partial charge in [0.25, 0.3) is 0 Å². The number of H-pyrrole nitrogens is 1. The average molecular weight is 264 g/mol. The fraction of sp³-hybridized carbons (Fsp3) is 0.308. The zero-order valence-electron chi connectivity index (χ0n) is 10.3. The smallest absolute Gasteiger partial charge is 0.124 e. The molecule has 1 N–H and O–H groups in total. The van der Waals surface area contributed by atoms with E-state index in [0.29, 0.717) is 0 Å². The molecule has 90 valence electrons. The second-order valence-corrected chi connectivity index (χ2v) is 5.67. The lowest BCUT2D eigenvalue weighted by molar-refractivity contribution is 0.953. The van der Waals surface area contributed by atoms with Crippen molar-refractivity contribution in [1.29, 1.82) is 0 Å². The lowest BCUT2D eigenvalue weighted by Gasteiger charge is -2.08. The van der Waals surface area contributed by atoms with Crippen LogP contribution in [0.15, 0.2) is 39.2 Å². The Hall–Kier alpha value is -0.870. The SMILES string of the molecule is CCc1cccc(C)c1Sc1cc(SC)[nH]n1. The van der Waals surface area contributed by atoms with Gasteiger partial charge < -0.3 is 0 Å². The lowest BCUT2D eigenvalue weighted by atomic mass is 10.1. The number of nitrogens with zero attached hydrogens (tertiary/aromatic N) is 1. The topological polar surface area (TPSA) is 28.7 Å². The Bertz CT molecular complexity index is 506. The predicted molar refractivity (Wildman–Crippen MR) is 75.0 cm³/mol. The van der Waals surface area contributed by atoms with Gasteiger partial charge in [-0.15, -0.1) is 11.8 Å². The third kappa shape index (κ3) is 2.87. The molecule has 0 bridgehead atoms. The minimum Gasteiger partial charge on any atom is -0.271 e. The first-order valence-corrected chi connectivity index (χ1v) is 7.64. The number of benzene rings is 1. The molecule has 0 unspecified atom stereocenters. The highest BCUT2D eigenvalue weighted by atomic mass is 32.2. The minimum atomic E-state index is 1.04. The van der Waals surface area contributed by atoms with Crippen LogP contribution in [0.1, 0.15) is 18.1 Å². The van der Waals surface area contributed by atoms with Crippen LogP contribution in [0.3, 0.4) is 0 Å². The summed E-state index contributed by atoms with van der Waals surface area (Å²) in [6, 6.07) is 8.57. The summed E-state index contributed by atoms with van der Waals surface area (Å²) in [5.41, 5.74) is 2.71. The van der Waals surface area contributed by atoms with Crippen LogP contribution in [0.25, 0.3) is 0 Å². The van der Waals surface area contributed by atoms with Gasteiger partial charge in [0.1, 0.15) is 5.03 Å². The molecule has 4 heteroatoms. The van der Waals surface area contributed by atoms with Crippen LogP contribution in [0, 0.1) is 6.92 Å². The molecular formula is C13H16N2S2. The molecule has 0 aliphatic heterocycles. The van der Waals surface area contributed by atoms with Crippen LogP contribution >= 0.6 is 23.5 Å². The molecule has 1 heterocycles. The first-order chi connectivity index (χ1) is 8.24. The van der Waals surface area contributed by atoms with E-state index >= 15 is 0 Å². The molecule has 1 aromatic heterocycles. The molecule has 1 aromatic carbocycles. The Balaban J connectivity index is 2.28. The summed E-state index contributed by atoms with van der Waals surface area (Å²) in [4.78, 5) is 1.34. The van der Waals surface area contributed by atoms with Gasteiger partial charge in [-0.1, -0.05) is 36.9 Å². The highest BCUT2D eigenvalue weighted by molar-refractivity contribution is 7.99. The van der Waals surface area contributed by atoms with E-state index in [1.165, 1.54) is 16.0 Å². The van der Waals surface area contributed by atoms with E-state index < -0.39 is 0 Å². The fourth-order valence-corrected chi connectivity index (χ4v) is 3.18. The number of aryl methyl sites for hydroxylation is 2. The Morgan fingerprint density at radius 1 is 1.35 bits per heavy atom. The van der Waals surface area contributed by atoms with Crippen molar-refractivity contribution in [3.05, 3.63) is 35.4 Å². The van der Waals surface area contributed by atoms with Gasteiger partial charge in [0.2, 0.25) is 0 Å². The van der Waals surface area contributed by atoms with Crippen LogP contribution in [-0.2, 0) is 6.42 Å². The van der Waals surface area contributed by atoms with Crippen molar-refractivity contribution in [2.45, 2.75) is 35.2 Å². The van der Waals surface area contributed by atoms with E-state index in [0.717, 1.165) is 16.5 Å². The molecule has 0 amide bonds. The van der Waals surface area contributed by atoms with Crippen molar-refractivity contribution in [3.63, 3.8) is 0 Å². The molecule has 2 aromatic rings. The summed E-state index contributed by atoms with van der Waals surface area (Å²) in [5, 5.41) is 9.49. The number of aromatic amines is 1. The van der Waals surface area contributed by atoms with E-state index in [2.05, 4.69) is 48.3 Å². The number of hydrogen-bond acceptors (Lipinski definition) is 3. The number of aromatic nitrogens is 2. The molecule has 0 aliphatic rings. The maximum absolute atomic E-state index is 4.32. The Morgan fingerprint density at radius 2 is 2.18 bits per heavy atom. The third-order valence-electron chi connectivity index (χ3n) is 2.63. The zero-order valence-corrected chi connectivity index (χ0v) is 11.9. The molecule has 17 heavy (non-hydrogen) atoms. The van der Waals surface area contributed by atoms with E-state index in [4.69, 9.17) is 0 Å². The van der Waals surface area contributed by atoms with Crippen molar-refractivity contribution in [2.24, 2.45) is 0 Å². The molecular weight excluding hydrogens is 248 g/mol. The van der Waals surface area contributed by atoms with Crippen molar-refractivity contribution < 1.29 is 0 Å². The first kappa shape index (κ1) is 12.6. The van der Waals surface area contributed by atoms with E-state index in [1.54, 1.807) is 23.5 Å². The highest BCUT2D eigenvalue weighted by Gasteiger charge is 2.08. The highest BCUT2D eigenvalue weighted by Crippen LogP contribution is 2.33. The van der Waals surface area contributed by atoms with Gasteiger partial charge in [-0.3, -0.25) is 5.10 Å². The Morgan fingerprint density at radius 3 is 2.82 bits per heavy atom. The number of nitrogens with one attached hydrogen (secondary N) is 1. The van der Waals surface area contributed by atoms with E-state index in [1.807, 2.05) is 6.26 Å². The molecule has 0 aliphatic carbocycles. The van der Waals surface area contributed by atoms with E-state index in [9.17, 15) is 0 Å². The quantitative estimate of drug-likeness (QED) is 0.841. The summed E-state index contributed by atoms with van der Waals surface area (Å²) < 4.78 is 0. The van der Waals surface area contributed by atoms with Gasteiger partial charge in [-0.05, 0) is 30.7 Å². The van der Waals surface area contributed by atoms with Gasteiger partial charge in [-0.2, -0.15) is 5.10 Å². The van der Waals surface area contributed by atoms with Gasteiger partial charge in [-0.25, -0.2) is 0 Å². The van der Waals surface area contributed by atoms with Crippen molar-refractivity contribution >= 4 is 23.5 Å². The summed E-state index contributed by atoms with van der Waals surface area (Å²) in [6.07, 6.45) is 3.11. The van der Waals surface area contributed by atoms with Gasteiger partial charge in [0, 0.05) is 11.0 Å². The van der Waals surface area contributed by atoms with Crippen molar-refractivity contribution in [3.8, 4) is 0 Å². The second-order valence-electron chi connectivity index (χ2n) is 3.79. The number of hydrogen-bond donors (Lipinski definition) is 1. The first-order valence-electron chi connectivity index (χ1n) is 5.60. The molecule has 2 nitrogen and oxygen atoms in total. The third-order valence-corrected chi connectivity index (χ3v) is 4.49. The average Bonchev–Trinajstić information content (AvgIpc) is 2.79. The zero-order chi connectivity index (χ0) is 12.3. The summed E-state index contributed by atoms with van der Waals surface area (Å²) >= 11 is 3.43. The maximum Gasteiger partial charge on any atom is 0.124 e. The lowest BCUT2D eigenvalue weighted by Crippen LogP contribution is -1.88. The molecule has 0 spiro atoms. The Kier molecular flexibility index (Phi) is 4.18. The Labute approximate surface area is 111 Å². The molecule has 2 rings (SSSR count). The van der Waals surface area contributed by atoms with Gasteiger partial charge in [0.15, 0.2) is 0 Å². The van der Waals surface area contributed by atoms with E-state index in [-0.39, 0.29) is 0 Å². The summed E-state index contributed by atoms with van der Waals surface area (Å²) in [6.45, 7) is 4.35. The molecule has 0 saturated heterocycles. The van der Waals surface area contributed by atoms with Crippen LogP contribution in [0.2, 0.25) is 0 Å². The van der Waals surface area contributed by atoms with Crippen LogP contribution in [-0.4, -0.2) is 16.5 Å². The van der Waals surface area contributed by atoms with Crippen LogP contribution in [0.5, 0.6) is 0 Å². The fourth-order valence-electron chi connectivity index (χ4n) is 1.69. The largest absolute Gasteiger partial charge is 0.271 e.